The van der Waals surface area contributed by atoms with Crippen LogP contribution in [0.3, 0.4) is 0 Å². The lowest BCUT2D eigenvalue weighted by molar-refractivity contribution is 0.0272. The molecule has 0 radical (unpaired) electrons. The van der Waals surface area contributed by atoms with Crippen LogP contribution in [0.2, 0.25) is 0 Å². The minimum absolute atomic E-state index is 0.167. The maximum absolute atomic E-state index is 12.4. The lowest BCUT2D eigenvalue weighted by Crippen LogP contribution is -2.48. The lowest BCUT2D eigenvalue weighted by Gasteiger charge is -2.27. The van der Waals surface area contributed by atoms with E-state index in [1.165, 1.54) is 0 Å². The number of ether oxygens (including phenoxy) is 1. The first-order valence-electron chi connectivity index (χ1n) is 6.67. The molecule has 1 aliphatic rings. The summed E-state index contributed by atoms with van der Waals surface area (Å²) >= 11 is 0. The smallest absolute Gasteiger partial charge is 0.257 e. The molecule has 7 nitrogen and oxygen atoms in total. The fourth-order valence-corrected chi connectivity index (χ4v) is 3.12. The fraction of sp³-hybridized carbons (Fsp3) is 0.583. The highest BCUT2D eigenvalue weighted by Crippen LogP contribution is 2.18. The molecule has 1 saturated heterocycles. The predicted molar refractivity (Wildman–Crippen MR) is 75.7 cm³/mol. The van der Waals surface area contributed by atoms with Crippen molar-refractivity contribution in [3.8, 4) is 0 Å². The summed E-state index contributed by atoms with van der Waals surface area (Å²) in [7, 11) is -3.63. The van der Waals surface area contributed by atoms with Crippen molar-refractivity contribution in [1.82, 2.24) is 14.8 Å². The first-order chi connectivity index (χ1) is 9.63. The molecule has 20 heavy (non-hydrogen) atoms. The van der Waals surface area contributed by atoms with Gasteiger partial charge in [-0.2, -0.15) is 0 Å². The molecule has 1 aromatic heterocycles. The van der Waals surface area contributed by atoms with E-state index in [0.717, 1.165) is 6.42 Å². The van der Waals surface area contributed by atoms with Crippen LogP contribution in [-0.2, 0) is 14.8 Å². The molecule has 8 heteroatoms. The number of hydrazine groups is 1. The van der Waals surface area contributed by atoms with E-state index in [4.69, 9.17) is 4.74 Å². The van der Waals surface area contributed by atoms with Gasteiger partial charge in [-0.3, -0.25) is 0 Å². The summed E-state index contributed by atoms with van der Waals surface area (Å²) in [5.74, 6) is 0.384. The van der Waals surface area contributed by atoms with E-state index >= 15 is 0 Å². The monoisotopic (exact) mass is 300 g/mol. The quantitative estimate of drug-likeness (QED) is 0.792. The van der Waals surface area contributed by atoms with Crippen molar-refractivity contribution in [3.05, 3.63) is 18.3 Å². The normalized spacial score (nSPS) is 17.1. The summed E-state index contributed by atoms with van der Waals surface area (Å²) < 4.78 is 30.0. The molecule has 0 atom stereocenters. The maximum Gasteiger partial charge on any atom is 0.257 e. The number of aromatic nitrogens is 1. The van der Waals surface area contributed by atoms with E-state index in [1.54, 1.807) is 23.3 Å². The lowest BCUT2D eigenvalue weighted by atomic mass is 10.4. The summed E-state index contributed by atoms with van der Waals surface area (Å²) in [6.45, 7) is 4.81. The highest BCUT2D eigenvalue weighted by molar-refractivity contribution is 7.89. The van der Waals surface area contributed by atoms with Crippen molar-refractivity contribution in [3.63, 3.8) is 0 Å². The Kier molecular flexibility index (Phi) is 5.30. The highest BCUT2D eigenvalue weighted by Gasteiger charge is 2.23. The van der Waals surface area contributed by atoms with Gasteiger partial charge in [-0.1, -0.05) is 6.92 Å². The number of morpholine rings is 1. The standard InChI is InChI=1S/C12H20N4O3S/c1-2-5-13-12-11(4-3-6-14-12)20(17,18)15-16-7-9-19-10-8-16/h3-4,6,15H,2,5,7-10H2,1H3,(H,13,14). The average Bonchev–Trinajstić information content (AvgIpc) is 2.46. The molecule has 1 aromatic rings. The second-order valence-corrected chi connectivity index (χ2v) is 6.10. The van der Waals surface area contributed by atoms with Gasteiger partial charge in [-0.25, -0.2) is 18.4 Å². The Balaban J connectivity index is 2.15. The van der Waals surface area contributed by atoms with E-state index in [1.807, 2.05) is 6.92 Å². The number of hydrogen-bond donors (Lipinski definition) is 2. The number of nitrogens with zero attached hydrogens (tertiary/aromatic N) is 2. The Labute approximate surface area is 119 Å². The fourth-order valence-electron chi connectivity index (χ4n) is 1.86. The van der Waals surface area contributed by atoms with Gasteiger partial charge in [0.05, 0.1) is 13.2 Å². The average molecular weight is 300 g/mol. The van der Waals surface area contributed by atoms with Gasteiger partial charge in [0.2, 0.25) is 0 Å². The van der Waals surface area contributed by atoms with Crippen molar-refractivity contribution in [1.29, 1.82) is 0 Å². The molecule has 0 aliphatic carbocycles. The summed E-state index contributed by atoms with van der Waals surface area (Å²) in [4.78, 5) is 6.84. The molecule has 1 fully saturated rings. The summed E-state index contributed by atoms with van der Waals surface area (Å²) in [6.07, 6.45) is 2.47. The zero-order valence-corrected chi connectivity index (χ0v) is 12.3. The minimum atomic E-state index is -3.63. The third-order valence-electron chi connectivity index (χ3n) is 2.86. The second-order valence-electron chi connectivity index (χ2n) is 4.47. The molecule has 0 spiro atoms. The van der Waals surface area contributed by atoms with Crippen molar-refractivity contribution in [2.24, 2.45) is 0 Å². The maximum atomic E-state index is 12.4. The Morgan fingerprint density at radius 2 is 2.15 bits per heavy atom. The third-order valence-corrected chi connectivity index (χ3v) is 4.27. The van der Waals surface area contributed by atoms with Crippen LogP contribution in [-0.4, -0.2) is 51.3 Å². The van der Waals surface area contributed by atoms with E-state index in [2.05, 4.69) is 15.1 Å². The van der Waals surface area contributed by atoms with Crippen LogP contribution in [0.5, 0.6) is 0 Å². The molecule has 0 aromatic carbocycles. The van der Waals surface area contributed by atoms with E-state index in [-0.39, 0.29) is 4.90 Å². The number of anilines is 1. The first-order valence-corrected chi connectivity index (χ1v) is 8.16. The first kappa shape index (κ1) is 15.2. The van der Waals surface area contributed by atoms with Crippen LogP contribution in [0.4, 0.5) is 5.82 Å². The Bertz CT molecular complexity index is 529. The highest BCUT2D eigenvalue weighted by atomic mass is 32.2. The molecule has 112 valence electrons. The molecule has 2 rings (SSSR count). The van der Waals surface area contributed by atoms with Crippen LogP contribution in [0, 0.1) is 0 Å². The Morgan fingerprint density at radius 3 is 2.85 bits per heavy atom. The van der Waals surface area contributed by atoms with Gasteiger partial charge in [-0.05, 0) is 18.6 Å². The molecule has 0 unspecified atom stereocenters. The van der Waals surface area contributed by atoms with Gasteiger partial charge in [0.25, 0.3) is 10.0 Å². The van der Waals surface area contributed by atoms with Gasteiger partial charge in [0.1, 0.15) is 10.7 Å². The number of pyridine rings is 1. The number of nitrogens with one attached hydrogen (secondary N) is 2. The van der Waals surface area contributed by atoms with E-state index in [0.29, 0.717) is 38.7 Å². The van der Waals surface area contributed by atoms with Gasteiger partial charge in [0, 0.05) is 25.8 Å². The Hall–Kier alpha value is -1.22. The molecule has 2 heterocycles. The van der Waals surface area contributed by atoms with Gasteiger partial charge in [-0.15, -0.1) is 4.83 Å². The van der Waals surface area contributed by atoms with Crippen molar-refractivity contribution >= 4 is 15.8 Å². The van der Waals surface area contributed by atoms with Gasteiger partial charge < -0.3 is 10.1 Å². The SMILES string of the molecule is CCCNc1ncccc1S(=O)(=O)NN1CCOCC1. The number of hydrogen-bond acceptors (Lipinski definition) is 6. The Morgan fingerprint density at radius 1 is 1.40 bits per heavy atom. The van der Waals surface area contributed by atoms with Crippen molar-refractivity contribution < 1.29 is 13.2 Å². The zero-order chi connectivity index (χ0) is 14.4. The largest absolute Gasteiger partial charge is 0.379 e. The van der Waals surface area contributed by atoms with Crippen molar-refractivity contribution in [2.45, 2.75) is 18.2 Å². The topological polar surface area (TPSA) is 83.6 Å². The summed E-state index contributed by atoms with van der Waals surface area (Å²) in [5, 5.41) is 4.68. The van der Waals surface area contributed by atoms with Gasteiger partial charge >= 0.3 is 0 Å². The van der Waals surface area contributed by atoms with Crippen LogP contribution >= 0.6 is 0 Å². The summed E-state index contributed by atoms with van der Waals surface area (Å²) in [6, 6.07) is 3.17. The van der Waals surface area contributed by atoms with Crippen LogP contribution in [0.25, 0.3) is 0 Å². The van der Waals surface area contributed by atoms with Gasteiger partial charge in [0.15, 0.2) is 0 Å². The zero-order valence-electron chi connectivity index (χ0n) is 11.5. The molecular formula is C12H20N4O3S. The van der Waals surface area contributed by atoms with Crippen molar-refractivity contribution in [2.75, 3.05) is 38.2 Å². The van der Waals surface area contributed by atoms with Crippen LogP contribution in [0.1, 0.15) is 13.3 Å². The second kappa shape index (κ2) is 6.98. The third kappa shape index (κ3) is 3.89. The molecule has 2 N–H and O–H groups in total. The summed E-state index contributed by atoms with van der Waals surface area (Å²) in [5.41, 5.74) is 0. The molecule has 0 amide bonds. The molecular weight excluding hydrogens is 280 g/mol. The number of sulfonamides is 1. The van der Waals surface area contributed by atoms with Crippen LogP contribution < -0.4 is 10.1 Å². The number of rotatable bonds is 6. The molecule has 0 saturated carbocycles. The van der Waals surface area contributed by atoms with E-state index < -0.39 is 10.0 Å². The predicted octanol–water partition coefficient (Wildman–Crippen LogP) is 0.429. The molecule has 0 bridgehead atoms. The van der Waals surface area contributed by atoms with E-state index in [9.17, 15) is 8.42 Å². The minimum Gasteiger partial charge on any atom is -0.379 e. The molecule has 1 aliphatic heterocycles. The van der Waals surface area contributed by atoms with Crippen LogP contribution in [0.15, 0.2) is 23.2 Å².